The van der Waals surface area contributed by atoms with Crippen molar-refractivity contribution in [2.45, 2.75) is 6.04 Å². The highest BCUT2D eigenvalue weighted by Gasteiger charge is 2.20. The highest BCUT2D eigenvalue weighted by atomic mass is 35.5. The molecule has 0 saturated heterocycles. The van der Waals surface area contributed by atoms with Crippen LogP contribution in [0.3, 0.4) is 0 Å². The summed E-state index contributed by atoms with van der Waals surface area (Å²) in [7, 11) is 0. The minimum atomic E-state index is -0.822. The first kappa shape index (κ1) is 18.9. The van der Waals surface area contributed by atoms with Crippen LogP contribution in [0.2, 0.25) is 5.02 Å². The van der Waals surface area contributed by atoms with Gasteiger partial charge in [0.05, 0.1) is 6.04 Å². The van der Waals surface area contributed by atoms with Crippen LogP contribution in [0.25, 0.3) is 0 Å². The van der Waals surface area contributed by atoms with E-state index in [9.17, 15) is 14.7 Å². The van der Waals surface area contributed by atoms with Gasteiger partial charge in [0.15, 0.2) is 6.61 Å². The maximum atomic E-state index is 12.3. The number of ether oxygens (including phenoxy) is 1. The summed E-state index contributed by atoms with van der Waals surface area (Å²) in [4.78, 5) is 25.4. The Morgan fingerprint density at radius 1 is 1.11 bits per heavy atom. The normalized spacial score (nSPS) is 11.6. The Hall–Kier alpha value is -2.83. The predicted molar refractivity (Wildman–Crippen MR) is 104 cm³/mol. The van der Waals surface area contributed by atoms with E-state index in [2.05, 4.69) is 5.32 Å². The van der Waals surface area contributed by atoms with E-state index in [-0.39, 0.29) is 22.4 Å². The molecule has 1 heterocycles. The molecule has 2 N–H and O–H groups in total. The number of thiophene rings is 1. The van der Waals surface area contributed by atoms with Gasteiger partial charge in [0.25, 0.3) is 5.91 Å². The summed E-state index contributed by atoms with van der Waals surface area (Å²) in [6.45, 7) is -0.473. The van der Waals surface area contributed by atoms with Crippen molar-refractivity contribution in [3.63, 3.8) is 0 Å². The number of benzene rings is 2. The van der Waals surface area contributed by atoms with Crippen LogP contribution in [0.5, 0.6) is 5.75 Å². The zero-order chi connectivity index (χ0) is 19.2. The minimum Gasteiger partial charge on any atom is -0.507 e. The lowest BCUT2D eigenvalue weighted by Crippen LogP contribution is -2.32. The second kappa shape index (κ2) is 8.70. The van der Waals surface area contributed by atoms with Crippen molar-refractivity contribution < 1.29 is 19.4 Å². The summed E-state index contributed by atoms with van der Waals surface area (Å²) in [5, 5.41) is 14.8. The van der Waals surface area contributed by atoms with Gasteiger partial charge in [-0.15, -0.1) is 11.3 Å². The third-order valence-electron chi connectivity index (χ3n) is 3.78. The molecule has 0 aliphatic rings. The first-order valence-electron chi connectivity index (χ1n) is 8.08. The van der Waals surface area contributed by atoms with Gasteiger partial charge in [0.2, 0.25) is 0 Å². The average molecular weight is 402 g/mol. The van der Waals surface area contributed by atoms with Gasteiger partial charge in [-0.3, -0.25) is 4.79 Å². The van der Waals surface area contributed by atoms with Crippen molar-refractivity contribution in [1.82, 2.24) is 5.32 Å². The van der Waals surface area contributed by atoms with Gasteiger partial charge in [0, 0.05) is 9.90 Å². The second-order valence-electron chi connectivity index (χ2n) is 5.66. The number of aromatic hydroxyl groups is 1. The molecular formula is C20H16ClNO4S. The maximum absolute atomic E-state index is 12.3. The number of rotatable bonds is 6. The zero-order valence-corrected chi connectivity index (χ0v) is 15.7. The SMILES string of the molecule is O=C(COC(=O)c1cc(Cl)ccc1O)N[C@H](c1ccccc1)c1cccs1. The third kappa shape index (κ3) is 4.87. The fourth-order valence-electron chi connectivity index (χ4n) is 2.50. The Kier molecular flexibility index (Phi) is 6.11. The molecule has 3 rings (SSSR count). The number of amides is 1. The zero-order valence-electron chi connectivity index (χ0n) is 14.1. The smallest absolute Gasteiger partial charge is 0.342 e. The molecule has 0 bridgehead atoms. The highest BCUT2D eigenvalue weighted by Crippen LogP contribution is 2.26. The molecule has 1 aromatic heterocycles. The van der Waals surface area contributed by atoms with E-state index in [0.29, 0.717) is 0 Å². The third-order valence-corrected chi connectivity index (χ3v) is 4.95. The quantitative estimate of drug-likeness (QED) is 0.608. The average Bonchev–Trinajstić information content (AvgIpc) is 3.21. The number of esters is 1. The van der Waals surface area contributed by atoms with Gasteiger partial charge in [0.1, 0.15) is 11.3 Å². The number of hydrogen-bond donors (Lipinski definition) is 2. The molecule has 1 atom stereocenters. The van der Waals surface area contributed by atoms with Crippen molar-refractivity contribution in [3.05, 3.63) is 87.1 Å². The highest BCUT2D eigenvalue weighted by molar-refractivity contribution is 7.10. The maximum Gasteiger partial charge on any atom is 0.342 e. The molecule has 0 saturated carbocycles. The van der Waals surface area contributed by atoms with Crippen LogP contribution in [-0.2, 0) is 9.53 Å². The van der Waals surface area contributed by atoms with Crippen LogP contribution in [0.1, 0.15) is 26.8 Å². The molecule has 27 heavy (non-hydrogen) atoms. The van der Waals surface area contributed by atoms with Gasteiger partial charge >= 0.3 is 5.97 Å². The Morgan fingerprint density at radius 2 is 1.89 bits per heavy atom. The summed E-state index contributed by atoms with van der Waals surface area (Å²) >= 11 is 7.34. The molecule has 0 spiro atoms. The second-order valence-corrected chi connectivity index (χ2v) is 7.08. The van der Waals surface area contributed by atoms with Gasteiger partial charge in [-0.25, -0.2) is 4.79 Å². The van der Waals surface area contributed by atoms with Crippen molar-refractivity contribution >= 4 is 34.8 Å². The lowest BCUT2D eigenvalue weighted by atomic mass is 10.1. The fraction of sp³-hybridized carbons (Fsp3) is 0.100. The number of carbonyl (C=O) groups excluding carboxylic acids is 2. The molecule has 0 aliphatic heterocycles. The van der Waals surface area contributed by atoms with Gasteiger partial charge < -0.3 is 15.2 Å². The summed E-state index contributed by atoms with van der Waals surface area (Å²) in [6, 6.07) is 17.0. The number of carbonyl (C=O) groups is 2. The van der Waals surface area contributed by atoms with E-state index >= 15 is 0 Å². The number of hydrogen-bond acceptors (Lipinski definition) is 5. The molecule has 0 fully saturated rings. The number of halogens is 1. The number of phenols is 1. The number of nitrogens with one attached hydrogen (secondary N) is 1. The first-order valence-corrected chi connectivity index (χ1v) is 9.33. The van der Waals surface area contributed by atoms with Crippen molar-refractivity contribution in [3.8, 4) is 5.75 Å². The van der Waals surface area contributed by atoms with E-state index in [1.165, 1.54) is 29.5 Å². The fourth-order valence-corrected chi connectivity index (χ4v) is 3.48. The van der Waals surface area contributed by atoms with E-state index < -0.39 is 18.5 Å². The molecule has 1 amide bonds. The first-order chi connectivity index (χ1) is 13.0. The van der Waals surface area contributed by atoms with E-state index in [1.54, 1.807) is 0 Å². The van der Waals surface area contributed by atoms with Crippen LogP contribution in [0.15, 0.2) is 66.0 Å². The molecule has 0 radical (unpaired) electrons. The topological polar surface area (TPSA) is 75.6 Å². The van der Waals surface area contributed by atoms with E-state index in [4.69, 9.17) is 16.3 Å². The molecule has 7 heteroatoms. The molecule has 0 unspecified atom stereocenters. The Balaban J connectivity index is 1.66. The Labute approximate surface area is 165 Å². The summed E-state index contributed by atoms with van der Waals surface area (Å²) in [5.41, 5.74) is 0.834. The van der Waals surface area contributed by atoms with Gasteiger partial charge in [-0.1, -0.05) is 48.0 Å². The van der Waals surface area contributed by atoms with Crippen molar-refractivity contribution in [2.75, 3.05) is 6.61 Å². The van der Waals surface area contributed by atoms with Crippen LogP contribution in [0.4, 0.5) is 0 Å². The van der Waals surface area contributed by atoms with Crippen LogP contribution < -0.4 is 5.32 Å². The summed E-state index contributed by atoms with van der Waals surface area (Å²) in [6.07, 6.45) is 0. The lowest BCUT2D eigenvalue weighted by Gasteiger charge is -2.18. The summed E-state index contributed by atoms with van der Waals surface area (Å²) < 4.78 is 5.01. The van der Waals surface area contributed by atoms with E-state index in [1.807, 2.05) is 47.8 Å². The molecular weight excluding hydrogens is 386 g/mol. The van der Waals surface area contributed by atoms with Crippen LogP contribution in [-0.4, -0.2) is 23.6 Å². The van der Waals surface area contributed by atoms with Crippen LogP contribution >= 0.6 is 22.9 Å². The van der Waals surface area contributed by atoms with Crippen molar-refractivity contribution in [2.24, 2.45) is 0 Å². The lowest BCUT2D eigenvalue weighted by molar-refractivity contribution is -0.124. The molecule has 5 nitrogen and oxygen atoms in total. The Morgan fingerprint density at radius 3 is 2.59 bits per heavy atom. The Bertz CT molecular complexity index is 928. The minimum absolute atomic E-state index is 0.0897. The van der Waals surface area contributed by atoms with Crippen LogP contribution in [0, 0.1) is 0 Å². The number of phenolic OH excluding ortho intramolecular Hbond substituents is 1. The van der Waals surface area contributed by atoms with Gasteiger partial charge in [-0.2, -0.15) is 0 Å². The van der Waals surface area contributed by atoms with Crippen molar-refractivity contribution in [1.29, 1.82) is 0 Å². The molecule has 138 valence electrons. The molecule has 3 aromatic rings. The summed E-state index contributed by atoms with van der Waals surface area (Å²) in [5.74, 6) is -1.53. The van der Waals surface area contributed by atoms with E-state index in [0.717, 1.165) is 10.4 Å². The monoisotopic (exact) mass is 401 g/mol. The molecule has 2 aromatic carbocycles. The predicted octanol–water partition coefficient (Wildman–Crippen LogP) is 4.17. The van der Waals surface area contributed by atoms with Gasteiger partial charge in [-0.05, 0) is 35.2 Å². The standard InChI is InChI=1S/C20H16ClNO4S/c21-14-8-9-16(23)15(11-14)20(25)26-12-18(24)22-19(17-7-4-10-27-17)13-5-2-1-3-6-13/h1-11,19,23H,12H2,(H,22,24)/t19-/m1/s1. The largest absolute Gasteiger partial charge is 0.507 e. The molecule has 0 aliphatic carbocycles.